The van der Waals surface area contributed by atoms with Gasteiger partial charge in [0, 0.05) is 41.5 Å². The van der Waals surface area contributed by atoms with E-state index in [4.69, 9.17) is 11.6 Å². The number of nitrogens with one attached hydrogen (secondary N) is 1. The predicted octanol–water partition coefficient (Wildman–Crippen LogP) is 6.12. The number of rotatable bonds is 13. The lowest BCUT2D eigenvalue weighted by atomic mass is 10.0. The van der Waals surface area contributed by atoms with E-state index in [1.165, 1.54) is 4.31 Å². The van der Waals surface area contributed by atoms with Crippen LogP contribution in [0.4, 0.5) is 5.69 Å². The lowest BCUT2D eigenvalue weighted by Crippen LogP contribution is -2.51. The van der Waals surface area contributed by atoms with Gasteiger partial charge in [0.15, 0.2) is 0 Å². The van der Waals surface area contributed by atoms with Crippen LogP contribution in [0.25, 0.3) is 0 Å². The van der Waals surface area contributed by atoms with Crippen LogP contribution < -0.4 is 9.62 Å². The molecule has 0 bridgehead atoms. The van der Waals surface area contributed by atoms with Crippen LogP contribution in [0.3, 0.4) is 0 Å². The first-order valence-electron chi connectivity index (χ1n) is 13.5. The number of carbonyl (C=O) groups is 2. The topological polar surface area (TPSA) is 86.8 Å². The lowest BCUT2D eigenvalue weighted by Gasteiger charge is -2.32. The van der Waals surface area contributed by atoms with Crippen LogP contribution in [0.5, 0.6) is 0 Å². The number of hydrogen-bond donors (Lipinski definition) is 1. The third-order valence-corrected chi connectivity index (χ3v) is 8.69. The molecule has 0 fully saturated rings. The second-order valence-corrected chi connectivity index (χ2v) is 13.6. The second-order valence-electron chi connectivity index (χ2n) is 10.3. The largest absolute Gasteiger partial charge is 0.352 e. The molecule has 1 atom stereocenters. The van der Waals surface area contributed by atoms with Gasteiger partial charge in [-0.2, -0.15) is 0 Å². The van der Waals surface area contributed by atoms with Crippen molar-refractivity contribution in [2.45, 2.75) is 58.7 Å². The summed E-state index contributed by atoms with van der Waals surface area (Å²) in [6.07, 6.45) is 1.80. The van der Waals surface area contributed by atoms with E-state index >= 15 is 0 Å². The Morgan fingerprint density at radius 2 is 1.63 bits per heavy atom. The Morgan fingerprint density at radius 3 is 2.27 bits per heavy atom. The number of amides is 2. The number of benzene rings is 3. The fourth-order valence-electron chi connectivity index (χ4n) is 4.62. The summed E-state index contributed by atoms with van der Waals surface area (Å²) in [7, 11) is -3.63. The number of anilines is 1. The van der Waals surface area contributed by atoms with Gasteiger partial charge in [0.25, 0.3) is 0 Å². The molecule has 41 heavy (non-hydrogen) atoms. The third-order valence-electron chi connectivity index (χ3n) is 6.60. The maximum atomic E-state index is 13.9. The van der Waals surface area contributed by atoms with Crippen molar-refractivity contribution in [3.8, 4) is 0 Å². The standard InChI is InChI=1S/C31H37BrClN3O4S/c1-22(2)34-31(38)29(20-24-11-6-5-7-12-24)35(21-25-13-8-14-26(32)19-25)30(37)17-10-18-36(41(4,39)40)28-16-9-15-27(33)23(28)3/h5-9,11-16,19,22,29H,10,17-18,20-21H2,1-4H3,(H,34,38). The molecule has 1 N–H and O–H groups in total. The van der Waals surface area contributed by atoms with Gasteiger partial charge in [0.05, 0.1) is 11.9 Å². The van der Waals surface area contributed by atoms with E-state index in [9.17, 15) is 18.0 Å². The smallest absolute Gasteiger partial charge is 0.243 e. The summed E-state index contributed by atoms with van der Waals surface area (Å²) in [5, 5.41) is 3.45. The highest BCUT2D eigenvalue weighted by Gasteiger charge is 2.31. The van der Waals surface area contributed by atoms with Crippen molar-refractivity contribution in [1.82, 2.24) is 10.2 Å². The molecule has 220 valence electrons. The van der Waals surface area contributed by atoms with E-state index in [0.717, 1.165) is 21.9 Å². The van der Waals surface area contributed by atoms with Crippen molar-refractivity contribution in [1.29, 1.82) is 0 Å². The Balaban J connectivity index is 1.90. The summed E-state index contributed by atoms with van der Waals surface area (Å²) in [5.74, 6) is -0.472. The number of hydrogen-bond acceptors (Lipinski definition) is 4. The summed E-state index contributed by atoms with van der Waals surface area (Å²) in [5.41, 5.74) is 2.94. The first kappa shape index (κ1) is 32.6. The summed E-state index contributed by atoms with van der Waals surface area (Å²) < 4.78 is 27.6. The minimum absolute atomic E-state index is 0.0554. The minimum atomic E-state index is -3.63. The Bertz CT molecular complexity index is 1450. The molecule has 0 aliphatic heterocycles. The normalized spacial score (nSPS) is 12.2. The maximum Gasteiger partial charge on any atom is 0.243 e. The van der Waals surface area contributed by atoms with Crippen molar-refractivity contribution >= 4 is 55.1 Å². The molecule has 3 aromatic rings. The van der Waals surface area contributed by atoms with E-state index in [2.05, 4.69) is 21.2 Å². The molecule has 2 amide bonds. The van der Waals surface area contributed by atoms with Crippen LogP contribution in [0.2, 0.25) is 5.02 Å². The van der Waals surface area contributed by atoms with Crippen LogP contribution in [0.1, 0.15) is 43.4 Å². The summed E-state index contributed by atoms with van der Waals surface area (Å²) in [6, 6.07) is 21.5. The highest BCUT2D eigenvalue weighted by molar-refractivity contribution is 9.10. The molecule has 0 radical (unpaired) electrons. The molecule has 0 aliphatic carbocycles. The zero-order valence-electron chi connectivity index (χ0n) is 23.8. The highest BCUT2D eigenvalue weighted by atomic mass is 79.9. The van der Waals surface area contributed by atoms with Crippen LogP contribution in [-0.4, -0.2) is 50.0 Å². The molecule has 0 aromatic heterocycles. The Hall–Kier alpha value is -2.88. The van der Waals surface area contributed by atoms with Gasteiger partial charge in [-0.05, 0) is 68.1 Å². The van der Waals surface area contributed by atoms with Crippen LogP contribution >= 0.6 is 27.5 Å². The zero-order chi connectivity index (χ0) is 30.2. The number of carbonyl (C=O) groups excluding carboxylic acids is 2. The van der Waals surface area contributed by atoms with E-state index in [1.54, 1.807) is 30.0 Å². The molecule has 1 unspecified atom stereocenters. The quantitative estimate of drug-likeness (QED) is 0.239. The fourth-order valence-corrected chi connectivity index (χ4v) is 6.25. The van der Waals surface area contributed by atoms with Gasteiger partial charge >= 0.3 is 0 Å². The average molecular weight is 663 g/mol. The predicted molar refractivity (Wildman–Crippen MR) is 170 cm³/mol. The lowest BCUT2D eigenvalue weighted by molar-refractivity contribution is -0.141. The van der Waals surface area contributed by atoms with Gasteiger partial charge in [-0.1, -0.05) is 76.1 Å². The molecule has 0 heterocycles. The monoisotopic (exact) mass is 661 g/mol. The molecule has 3 rings (SSSR count). The number of sulfonamides is 1. The molecular weight excluding hydrogens is 626 g/mol. The summed E-state index contributed by atoms with van der Waals surface area (Å²) in [6.45, 7) is 5.86. The summed E-state index contributed by atoms with van der Waals surface area (Å²) in [4.78, 5) is 29.0. The summed E-state index contributed by atoms with van der Waals surface area (Å²) >= 11 is 9.76. The van der Waals surface area contributed by atoms with Crippen molar-refractivity contribution in [3.63, 3.8) is 0 Å². The van der Waals surface area contributed by atoms with Gasteiger partial charge in [-0.15, -0.1) is 0 Å². The van der Waals surface area contributed by atoms with E-state index in [0.29, 0.717) is 22.7 Å². The highest BCUT2D eigenvalue weighted by Crippen LogP contribution is 2.28. The number of nitrogens with zero attached hydrogens (tertiary/aromatic N) is 2. The Kier molecular flexibility index (Phi) is 11.8. The SMILES string of the molecule is Cc1c(Cl)cccc1N(CCCC(=O)N(Cc1cccc(Br)c1)C(Cc1ccccc1)C(=O)NC(C)C)S(C)(=O)=O. The first-order chi connectivity index (χ1) is 19.4. The van der Waals surface area contributed by atoms with Crippen molar-refractivity contribution in [3.05, 3.63) is 99.0 Å². The van der Waals surface area contributed by atoms with Gasteiger partial charge < -0.3 is 10.2 Å². The Labute approximate surface area is 257 Å². The molecule has 3 aromatic carbocycles. The van der Waals surface area contributed by atoms with Crippen molar-refractivity contribution in [2.75, 3.05) is 17.1 Å². The van der Waals surface area contributed by atoms with Crippen molar-refractivity contribution in [2.24, 2.45) is 0 Å². The van der Waals surface area contributed by atoms with Crippen molar-refractivity contribution < 1.29 is 18.0 Å². The van der Waals surface area contributed by atoms with E-state index in [1.807, 2.05) is 68.4 Å². The molecule has 0 spiro atoms. The van der Waals surface area contributed by atoms with Gasteiger partial charge in [0.1, 0.15) is 6.04 Å². The average Bonchev–Trinajstić information content (AvgIpc) is 2.90. The van der Waals surface area contributed by atoms with Gasteiger partial charge in [0.2, 0.25) is 21.8 Å². The molecule has 0 saturated heterocycles. The zero-order valence-corrected chi connectivity index (χ0v) is 27.0. The molecule has 7 nitrogen and oxygen atoms in total. The first-order valence-corrected chi connectivity index (χ1v) is 16.5. The van der Waals surface area contributed by atoms with Crippen LogP contribution in [0.15, 0.2) is 77.3 Å². The van der Waals surface area contributed by atoms with Crippen LogP contribution in [0, 0.1) is 6.92 Å². The molecule has 10 heteroatoms. The fraction of sp³-hybridized carbons (Fsp3) is 0.355. The van der Waals surface area contributed by atoms with Gasteiger partial charge in [-0.25, -0.2) is 8.42 Å². The third kappa shape index (κ3) is 9.58. The maximum absolute atomic E-state index is 13.9. The van der Waals surface area contributed by atoms with E-state index < -0.39 is 16.1 Å². The Morgan fingerprint density at radius 1 is 0.976 bits per heavy atom. The van der Waals surface area contributed by atoms with E-state index in [-0.39, 0.29) is 43.8 Å². The van der Waals surface area contributed by atoms with Crippen LogP contribution in [-0.2, 0) is 32.6 Å². The minimum Gasteiger partial charge on any atom is -0.352 e. The van der Waals surface area contributed by atoms with Gasteiger partial charge in [-0.3, -0.25) is 13.9 Å². The molecular formula is C31H37BrClN3O4S. The molecule has 0 aliphatic rings. The second kappa shape index (κ2) is 14.8. The number of halogens is 2. The molecule has 0 saturated carbocycles.